The molecule has 220 valence electrons. The lowest BCUT2D eigenvalue weighted by molar-refractivity contribution is -0.0503. The second-order valence-corrected chi connectivity index (χ2v) is 13.1. The van der Waals surface area contributed by atoms with Crippen LogP contribution in [-0.4, -0.2) is 69.3 Å². The van der Waals surface area contributed by atoms with E-state index in [1.807, 2.05) is 0 Å². The number of hydrogen-bond acceptors (Lipinski definition) is 14. The third kappa shape index (κ3) is 6.49. The molecular weight excluding hydrogens is 611 g/mol. The molecule has 2 aromatic heterocycles. The maximum atomic E-state index is 12.4. The Labute approximate surface area is 229 Å². The average Bonchev–Trinajstić information content (AvgIpc) is 3.43. The molecule has 18 nitrogen and oxygen atoms in total. The van der Waals surface area contributed by atoms with Crippen LogP contribution in [0.4, 0.5) is 5.82 Å². The van der Waals surface area contributed by atoms with Gasteiger partial charge in [-0.2, -0.15) is 8.62 Å². The summed E-state index contributed by atoms with van der Waals surface area (Å²) in [4.78, 5) is 41.7. The number of nitrogens with two attached hydrogens (primary N) is 1. The van der Waals surface area contributed by atoms with Crippen LogP contribution >= 0.6 is 23.5 Å². The van der Waals surface area contributed by atoms with Gasteiger partial charge in [-0.1, -0.05) is 36.4 Å². The SMILES string of the molecule is Nc1ncnc2c1ncn2[C@@H]1O[C@H](COP(=O)(O)OP(=O)(O)OP(=O)(O)Oc2cccc3ccccc23)[C@@H](O)[C@H]1O. The Hall–Kier alpha value is -2.82. The van der Waals surface area contributed by atoms with E-state index in [9.17, 15) is 38.6 Å². The molecule has 7 atom stereocenters. The molecule has 0 radical (unpaired) electrons. The number of nitrogens with zero attached hydrogens (tertiary/aromatic N) is 4. The van der Waals surface area contributed by atoms with Crippen LogP contribution in [0.3, 0.4) is 0 Å². The molecule has 1 fully saturated rings. The smallest absolute Gasteiger partial charge is 0.403 e. The monoisotopic (exact) mass is 633 g/mol. The maximum absolute atomic E-state index is 12.4. The predicted octanol–water partition coefficient (Wildman–Crippen LogP) is 1.61. The van der Waals surface area contributed by atoms with Gasteiger partial charge in [-0.05, 0) is 11.5 Å². The lowest BCUT2D eigenvalue weighted by Crippen LogP contribution is -2.33. The third-order valence-electron chi connectivity index (χ3n) is 5.78. The van der Waals surface area contributed by atoms with E-state index in [1.165, 1.54) is 23.0 Å². The Morgan fingerprint density at radius 1 is 0.902 bits per heavy atom. The minimum atomic E-state index is -5.77. The summed E-state index contributed by atoms with van der Waals surface area (Å²) in [6.45, 7) is -0.949. The van der Waals surface area contributed by atoms with Gasteiger partial charge in [0.25, 0.3) is 0 Å². The van der Waals surface area contributed by atoms with Crippen LogP contribution in [-0.2, 0) is 31.6 Å². The fraction of sp³-hybridized carbons (Fsp3) is 0.250. The number of phosphoric ester groups is 2. The molecule has 0 spiro atoms. The summed E-state index contributed by atoms with van der Waals surface area (Å²) >= 11 is 0. The number of aliphatic hydroxyl groups excluding tert-OH is 2. The molecule has 3 unspecified atom stereocenters. The second kappa shape index (κ2) is 11.1. The summed E-state index contributed by atoms with van der Waals surface area (Å²) in [6, 6.07) is 11.0. The molecular formula is C20H22N5O13P3. The highest BCUT2D eigenvalue weighted by molar-refractivity contribution is 7.67. The Morgan fingerprint density at radius 3 is 2.39 bits per heavy atom. The van der Waals surface area contributed by atoms with Crippen molar-refractivity contribution in [3.8, 4) is 5.75 Å². The van der Waals surface area contributed by atoms with Crippen molar-refractivity contribution < 1.29 is 61.0 Å². The highest BCUT2D eigenvalue weighted by Crippen LogP contribution is 2.67. The minimum Gasteiger partial charge on any atom is -0.403 e. The van der Waals surface area contributed by atoms with Crippen LogP contribution in [0.2, 0.25) is 0 Å². The fourth-order valence-electron chi connectivity index (χ4n) is 4.04. The number of anilines is 1. The first-order valence-corrected chi connectivity index (χ1v) is 15.9. The Balaban J connectivity index is 1.22. The highest BCUT2D eigenvalue weighted by Gasteiger charge is 2.47. The van der Waals surface area contributed by atoms with Crippen LogP contribution in [0.5, 0.6) is 5.75 Å². The van der Waals surface area contributed by atoms with E-state index >= 15 is 0 Å². The molecule has 3 heterocycles. The van der Waals surface area contributed by atoms with Crippen molar-refractivity contribution in [2.24, 2.45) is 0 Å². The quantitative estimate of drug-likeness (QED) is 0.135. The number of hydrogen-bond donors (Lipinski definition) is 6. The van der Waals surface area contributed by atoms with Crippen LogP contribution in [0.1, 0.15) is 6.23 Å². The van der Waals surface area contributed by atoms with Crippen LogP contribution in [0.15, 0.2) is 55.1 Å². The van der Waals surface area contributed by atoms with Crippen molar-refractivity contribution in [2.45, 2.75) is 24.5 Å². The fourth-order valence-corrected chi connectivity index (χ4v) is 7.57. The highest BCUT2D eigenvalue weighted by atomic mass is 31.3. The van der Waals surface area contributed by atoms with E-state index in [0.717, 1.165) is 6.33 Å². The number of ether oxygens (including phenoxy) is 1. The summed E-state index contributed by atoms with van der Waals surface area (Å²) in [5, 5.41) is 21.8. The van der Waals surface area contributed by atoms with Crippen molar-refractivity contribution in [2.75, 3.05) is 12.3 Å². The molecule has 4 aromatic rings. The maximum Gasteiger partial charge on any atom is 0.536 e. The number of phosphoric acid groups is 3. The van der Waals surface area contributed by atoms with E-state index in [-0.39, 0.29) is 22.7 Å². The van der Waals surface area contributed by atoms with Crippen LogP contribution in [0.25, 0.3) is 21.9 Å². The number of imidazole rings is 1. The molecule has 7 N–H and O–H groups in total. The van der Waals surface area contributed by atoms with Gasteiger partial charge in [-0.25, -0.2) is 28.6 Å². The first-order chi connectivity index (χ1) is 19.3. The Bertz CT molecular complexity index is 1730. The molecule has 0 amide bonds. The van der Waals surface area contributed by atoms with Gasteiger partial charge in [-0.15, -0.1) is 0 Å². The zero-order valence-electron chi connectivity index (χ0n) is 20.4. The lowest BCUT2D eigenvalue weighted by atomic mass is 10.1. The molecule has 1 aliphatic heterocycles. The van der Waals surface area contributed by atoms with Gasteiger partial charge in [-0.3, -0.25) is 14.0 Å². The van der Waals surface area contributed by atoms with Gasteiger partial charge in [0.1, 0.15) is 35.9 Å². The topological polar surface area (TPSA) is 268 Å². The Kier molecular flexibility index (Phi) is 8.04. The lowest BCUT2D eigenvalue weighted by Gasteiger charge is -2.20. The zero-order valence-corrected chi connectivity index (χ0v) is 23.1. The molecule has 2 aromatic carbocycles. The number of aliphatic hydroxyl groups is 2. The van der Waals surface area contributed by atoms with Crippen molar-refractivity contribution in [1.82, 2.24) is 19.5 Å². The number of rotatable bonds is 10. The van der Waals surface area contributed by atoms with E-state index in [4.69, 9.17) is 15.0 Å². The minimum absolute atomic E-state index is 0.0469. The molecule has 21 heteroatoms. The van der Waals surface area contributed by atoms with Gasteiger partial charge >= 0.3 is 23.5 Å². The van der Waals surface area contributed by atoms with Gasteiger partial charge < -0.3 is 35.0 Å². The first kappa shape index (κ1) is 29.7. The molecule has 0 bridgehead atoms. The summed E-state index contributed by atoms with van der Waals surface area (Å²) in [5.41, 5.74) is 6.08. The van der Waals surface area contributed by atoms with E-state index < -0.39 is 54.6 Å². The van der Waals surface area contributed by atoms with E-state index in [0.29, 0.717) is 10.8 Å². The normalized spacial score (nSPS) is 25.5. The van der Waals surface area contributed by atoms with Crippen molar-refractivity contribution in [3.05, 3.63) is 55.1 Å². The summed E-state index contributed by atoms with van der Waals surface area (Å²) in [5.74, 6) is -0.136. The van der Waals surface area contributed by atoms with Gasteiger partial charge in [0.2, 0.25) is 0 Å². The summed E-state index contributed by atoms with van der Waals surface area (Å²) in [7, 11) is -16.7. The van der Waals surface area contributed by atoms with Gasteiger partial charge in [0.05, 0.1) is 12.9 Å². The van der Waals surface area contributed by atoms with Gasteiger partial charge in [0.15, 0.2) is 17.7 Å². The summed E-state index contributed by atoms with van der Waals surface area (Å²) in [6.07, 6.45) is -3.69. The summed E-state index contributed by atoms with van der Waals surface area (Å²) < 4.78 is 61.6. The van der Waals surface area contributed by atoms with Crippen molar-refractivity contribution >= 4 is 51.2 Å². The molecule has 41 heavy (non-hydrogen) atoms. The van der Waals surface area contributed by atoms with E-state index in [2.05, 4.69) is 28.1 Å². The molecule has 1 aliphatic rings. The van der Waals surface area contributed by atoms with Crippen molar-refractivity contribution in [3.63, 3.8) is 0 Å². The Morgan fingerprint density at radius 2 is 1.61 bits per heavy atom. The van der Waals surface area contributed by atoms with Crippen LogP contribution < -0.4 is 10.3 Å². The largest absolute Gasteiger partial charge is 0.536 e. The first-order valence-electron chi connectivity index (χ1n) is 11.4. The predicted molar refractivity (Wildman–Crippen MR) is 138 cm³/mol. The van der Waals surface area contributed by atoms with Gasteiger partial charge in [0, 0.05) is 5.39 Å². The average molecular weight is 633 g/mol. The number of nitrogen functional groups attached to an aromatic ring is 1. The molecule has 0 saturated carbocycles. The number of benzene rings is 2. The zero-order chi connectivity index (χ0) is 29.6. The second-order valence-electron chi connectivity index (χ2n) is 8.56. The number of aromatic nitrogens is 4. The molecule has 0 aliphatic carbocycles. The number of fused-ring (bicyclic) bond motifs is 2. The third-order valence-corrected chi connectivity index (χ3v) is 9.98. The molecule has 5 rings (SSSR count). The van der Waals surface area contributed by atoms with Crippen LogP contribution in [0, 0.1) is 0 Å². The van der Waals surface area contributed by atoms with Crippen molar-refractivity contribution in [1.29, 1.82) is 0 Å². The van der Waals surface area contributed by atoms with E-state index in [1.54, 1.807) is 30.3 Å². The molecule has 1 saturated heterocycles. The standard InChI is InChI=1S/C20H22N5O13P3/c21-18-15-19(23-9-22-18)25(10-24-15)20-17(27)16(26)14(35-20)8-34-39(28,29)37-41(32,33)38-40(30,31)36-13-7-3-5-11-4-1-2-6-12(11)13/h1-7,9-10,14,16-17,20,26-27H,8H2,(H,28,29)(H,30,31)(H,32,33)(H2,21,22,23)/t14-,16-,17-,20-/m1/s1.